The molecular formula is C17H20N2O4S. The van der Waals surface area contributed by atoms with Gasteiger partial charge in [-0.3, -0.25) is 9.59 Å². The van der Waals surface area contributed by atoms with Crippen molar-refractivity contribution in [2.75, 3.05) is 30.8 Å². The Kier molecular flexibility index (Phi) is 6.03. The van der Waals surface area contributed by atoms with E-state index in [1.54, 1.807) is 23.1 Å². The van der Waals surface area contributed by atoms with Crippen LogP contribution >= 0.6 is 11.8 Å². The number of hydrogen-bond acceptors (Lipinski definition) is 5. The van der Waals surface area contributed by atoms with Crippen molar-refractivity contribution in [2.24, 2.45) is 0 Å². The van der Waals surface area contributed by atoms with Gasteiger partial charge in [-0.1, -0.05) is 12.2 Å². The number of nitrogens with zero attached hydrogens (tertiary/aromatic N) is 1. The molecule has 0 aromatic heterocycles. The van der Waals surface area contributed by atoms with Gasteiger partial charge in [0, 0.05) is 18.0 Å². The van der Waals surface area contributed by atoms with Crippen molar-refractivity contribution >= 4 is 35.2 Å². The van der Waals surface area contributed by atoms with Crippen LogP contribution in [0.1, 0.15) is 24.2 Å². The number of thioether (sulfide) groups is 1. The molecule has 1 aromatic carbocycles. The molecule has 0 atom stereocenters. The number of esters is 1. The number of anilines is 1. The van der Waals surface area contributed by atoms with Crippen LogP contribution in [-0.2, 0) is 14.3 Å². The van der Waals surface area contributed by atoms with E-state index in [1.807, 2.05) is 13.8 Å². The number of amides is 2. The second-order valence-corrected chi connectivity index (χ2v) is 6.51. The van der Waals surface area contributed by atoms with Gasteiger partial charge in [0.15, 0.2) is 6.61 Å². The third kappa shape index (κ3) is 4.61. The van der Waals surface area contributed by atoms with E-state index in [1.165, 1.54) is 11.8 Å². The van der Waals surface area contributed by atoms with Gasteiger partial charge in [-0.2, -0.15) is 0 Å². The number of fused-ring (bicyclic) bond motifs is 1. The summed E-state index contributed by atoms with van der Waals surface area (Å²) in [6.45, 7) is 8.10. The lowest BCUT2D eigenvalue weighted by atomic mass is 10.2. The Bertz CT molecular complexity index is 687. The molecule has 0 aliphatic carbocycles. The molecular weight excluding hydrogens is 328 g/mol. The molecule has 1 aliphatic rings. The highest BCUT2D eigenvalue weighted by molar-refractivity contribution is 8.00. The highest BCUT2D eigenvalue weighted by atomic mass is 32.2. The molecule has 0 bridgehead atoms. The van der Waals surface area contributed by atoms with Crippen molar-refractivity contribution in [3.05, 3.63) is 35.9 Å². The first-order valence-electron chi connectivity index (χ1n) is 7.56. The van der Waals surface area contributed by atoms with Gasteiger partial charge in [0.2, 0.25) is 5.91 Å². The van der Waals surface area contributed by atoms with Crippen LogP contribution in [0.5, 0.6) is 0 Å². The van der Waals surface area contributed by atoms with E-state index in [0.717, 1.165) is 10.5 Å². The van der Waals surface area contributed by atoms with Gasteiger partial charge in [0.25, 0.3) is 5.91 Å². The van der Waals surface area contributed by atoms with Gasteiger partial charge in [0.1, 0.15) is 0 Å². The lowest BCUT2D eigenvalue weighted by Crippen LogP contribution is -2.35. The minimum atomic E-state index is -0.595. The number of carbonyl (C=O) groups is 3. The zero-order valence-corrected chi connectivity index (χ0v) is 14.6. The highest BCUT2D eigenvalue weighted by Crippen LogP contribution is 2.32. The Morgan fingerprint density at radius 3 is 2.83 bits per heavy atom. The van der Waals surface area contributed by atoms with Crippen LogP contribution in [0.25, 0.3) is 0 Å². The summed E-state index contributed by atoms with van der Waals surface area (Å²) in [5.41, 5.74) is 1.75. The Labute approximate surface area is 145 Å². The van der Waals surface area contributed by atoms with Gasteiger partial charge < -0.3 is 15.0 Å². The van der Waals surface area contributed by atoms with Gasteiger partial charge >= 0.3 is 5.97 Å². The molecule has 1 aliphatic heterocycles. The zero-order chi connectivity index (χ0) is 17.7. The molecule has 1 aromatic rings. The van der Waals surface area contributed by atoms with Crippen LogP contribution in [0.4, 0.5) is 5.69 Å². The second kappa shape index (κ2) is 8.01. The summed E-state index contributed by atoms with van der Waals surface area (Å²) in [6.07, 6.45) is 0. The standard InChI is InChI=1S/C17H20N2O4S/c1-4-19(8-11(2)3)16(21)9-23-17(22)12-5-6-14-13(7-12)18-15(20)10-24-14/h5-7H,2,4,8-10H2,1,3H3,(H,18,20). The fourth-order valence-corrected chi connectivity index (χ4v) is 3.00. The summed E-state index contributed by atoms with van der Waals surface area (Å²) in [4.78, 5) is 38.1. The predicted molar refractivity (Wildman–Crippen MR) is 93.1 cm³/mol. The van der Waals surface area contributed by atoms with E-state index >= 15 is 0 Å². The van der Waals surface area contributed by atoms with Crippen LogP contribution in [-0.4, -0.2) is 48.1 Å². The molecule has 0 saturated carbocycles. The molecule has 128 valence electrons. The van der Waals surface area contributed by atoms with Gasteiger partial charge in [-0.25, -0.2) is 4.79 Å². The summed E-state index contributed by atoms with van der Waals surface area (Å²) in [5.74, 6) is -0.606. The maximum Gasteiger partial charge on any atom is 0.338 e. The number of rotatable bonds is 6. The van der Waals surface area contributed by atoms with E-state index in [9.17, 15) is 14.4 Å². The van der Waals surface area contributed by atoms with Crippen LogP contribution < -0.4 is 5.32 Å². The quantitative estimate of drug-likeness (QED) is 0.631. The van der Waals surface area contributed by atoms with Crippen molar-refractivity contribution in [1.82, 2.24) is 4.90 Å². The van der Waals surface area contributed by atoms with E-state index in [2.05, 4.69) is 11.9 Å². The average molecular weight is 348 g/mol. The lowest BCUT2D eigenvalue weighted by molar-refractivity contribution is -0.133. The predicted octanol–water partition coefficient (Wildman–Crippen LogP) is 2.31. The molecule has 1 N–H and O–H groups in total. The van der Waals surface area contributed by atoms with E-state index in [4.69, 9.17) is 4.74 Å². The van der Waals surface area contributed by atoms with Gasteiger partial charge in [-0.15, -0.1) is 11.8 Å². The number of carbonyl (C=O) groups excluding carboxylic acids is 3. The number of likely N-dealkylation sites (N-methyl/N-ethyl adjacent to an activating group) is 1. The summed E-state index contributed by atoms with van der Waals surface area (Å²) < 4.78 is 5.09. The molecule has 2 amide bonds. The van der Waals surface area contributed by atoms with Gasteiger partial charge in [-0.05, 0) is 32.0 Å². The zero-order valence-electron chi connectivity index (χ0n) is 13.8. The average Bonchev–Trinajstić information content (AvgIpc) is 2.56. The van der Waals surface area contributed by atoms with Crippen LogP contribution in [0, 0.1) is 0 Å². The normalized spacial score (nSPS) is 12.8. The first kappa shape index (κ1) is 18.1. The molecule has 0 fully saturated rings. The Balaban J connectivity index is 1.97. The highest BCUT2D eigenvalue weighted by Gasteiger charge is 2.19. The molecule has 6 nitrogen and oxygen atoms in total. The Hall–Kier alpha value is -2.28. The molecule has 0 saturated heterocycles. The van der Waals surface area contributed by atoms with Crippen molar-refractivity contribution in [2.45, 2.75) is 18.7 Å². The van der Waals surface area contributed by atoms with E-state index in [-0.39, 0.29) is 18.4 Å². The van der Waals surface area contributed by atoms with Crippen LogP contribution in [0.2, 0.25) is 0 Å². The summed E-state index contributed by atoms with van der Waals surface area (Å²) in [5, 5.41) is 2.72. The first-order chi connectivity index (χ1) is 11.4. The number of hydrogen-bond donors (Lipinski definition) is 1. The molecule has 0 radical (unpaired) electrons. The molecule has 7 heteroatoms. The van der Waals surface area contributed by atoms with E-state index < -0.39 is 5.97 Å². The fourth-order valence-electron chi connectivity index (χ4n) is 2.21. The third-order valence-electron chi connectivity index (χ3n) is 3.37. The summed E-state index contributed by atoms with van der Waals surface area (Å²) >= 11 is 1.41. The molecule has 0 spiro atoms. The summed E-state index contributed by atoms with van der Waals surface area (Å²) in [7, 11) is 0. The van der Waals surface area contributed by atoms with Crippen molar-refractivity contribution in [3.63, 3.8) is 0 Å². The summed E-state index contributed by atoms with van der Waals surface area (Å²) in [6, 6.07) is 4.95. The molecule has 0 unspecified atom stereocenters. The maximum atomic E-state index is 12.1. The molecule has 1 heterocycles. The SMILES string of the molecule is C=C(C)CN(CC)C(=O)COC(=O)c1ccc2c(c1)NC(=O)CS2. The third-order valence-corrected chi connectivity index (χ3v) is 4.44. The largest absolute Gasteiger partial charge is 0.452 e. The van der Waals surface area contributed by atoms with Crippen molar-refractivity contribution in [1.29, 1.82) is 0 Å². The smallest absolute Gasteiger partial charge is 0.338 e. The number of benzene rings is 1. The van der Waals surface area contributed by atoms with Gasteiger partial charge in [0.05, 0.1) is 17.0 Å². The van der Waals surface area contributed by atoms with Crippen molar-refractivity contribution in [3.8, 4) is 0 Å². The Morgan fingerprint density at radius 1 is 1.42 bits per heavy atom. The minimum absolute atomic E-state index is 0.105. The van der Waals surface area contributed by atoms with Crippen molar-refractivity contribution < 1.29 is 19.1 Å². The van der Waals surface area contributed by atoms with E-state index in [0.29, 0.717) is 30.1 Å². The lowest BCUT2D eigenvalue weighted by Gasteiger charge is -2.21. The molecule has 2 rings (SSSR count). The maximum absolute atomic E-state index is 12.1. The number of ether oxygens (including phenoxy) is 1. The van der Waals surface area contributed by atoms with Crippen LogP contribution in [0.15, 0.2) is 35.2 Å². The Morgan fingerprint density at radius 2 is 2.17 bits per heavy atom. The fraction of sp³-hybridized carbons (Fsp3) is 0.353. The monoisotopic (exact) mass is 348 g/mol. The second-order valence-electron chi connectivity index (χ2n) is 5.49. The molecule has 24 heavy (non-hydrogen) atoms. The topological polar surface area (TPSA) is 75.7 Å². The minimum Gasteiger partial charge on any atom is -0.452 e. The first-order valence-corrected chi connectivity index (χ1v) is 8.55. The van der Waals surface area contributed by atoms with Crippen LogP contribution in [0.3, 0.4) is 0 Å². The number of nitrogens with one attached hydrogen (secondary N) is 1.